The summed E-state index contributed by atoms with van der Waals surface area (Å²) in [7, 11) is 1.86. The zero-order valence-corrected chi connectivity index (χ0v) is 10.2. The van der Waals surface area contributed by atoms with Gasteiger partial charge in [-0.2, -0.15) is 0 Å². The minimum absolute atomic E-state index is 0.211. The molecule has 0 spiro atoms. The Kier molecular flexibility index (Phi) is 3.75. The first-order chi connectivity index (χ1) is 8.20. The Bertz CT molecular complexity index is 512. The van der Waals surface area contributed by atoms with Gasteiger partial charge in [-0.05, 0) is 17.2 Å². The number of nitrogens with two attached hydrogens (primary N) is 1. The van der Waals surface area contributed by atoms with Gasteiger partial charge in [-0.1, -0.05) is 23.9 Å². The first-order valence-corrected chi connectivity index (χ1v) is 6.13. The molecule has 0 atom stereocenters. The van der Waals surface area contributed by atoms with Gasteiger partial charge in [0.1, 0.15) is 12.1 Å². The SMILES string of the molecule is Cn1cnnc1SCc1cc(CN)ccc1F. The van der Waals surface area contributed by atoms with E-state index in [4.69, 9.17) is 5.73 Å². The van der Waals surface area contributed by atoms with Crippen molar-refractivity contribution in [3.8, 4) is 0 Å². The van der Waals surface area contributed by atoms with Gasteiger partial charge in [0.25, 0.3) is 0 Å². The van der Waals surface area contributed by atoms with Gasteiger partial charge in [0, 0.05) is 19.3 Å². The van der Waals surface area contributed by atoms with Crippen LogP contribution in [0.4, 0.5) is 4.39 Å². The molecule has 4 nitrogen and oxygen atoms in total. The van der Waals surface area contributed by atoms with E-state index in [1.165, 1.54) is 17.8 Å². The number of halogens is 1. The summed E-state index contributed by atoms with van der Waals surface area (Å²) in [6.07, 6.45) is 1.62. The van der Waals surface area contributed by atoms with E-state index in [0.717, 1.165) is 10.7 Å². The zero-order chi connectivity index (χ0) is 12.3. The Morgan fingerprint density at radius 1 is 1.47 bits per heavy atom. The molecule has 0 unspecified atom stereocenters. The van der Waals surface area contributed by atoms with Crippen LogP contribution < -0.4 is 5.73 Å². The van der Waals surface area contributed by atoms with Crippen LogP contribution >= 0.6 is 11.8 Å². The minimum Gasteiger partial charge on any atom is -0.326 e. The number of aryl methyl sites for hydroxylation is 1. The number of nitrogens with zero attached hydrogens (tertiary/aromatic N) is 3. The molecule has 1 heterocycles. The van der Waals surface area contributed by atoms with Crippen LogP contribution in [0.1, 0.15) is 11.1 Å². The summed E-state index contributed by atoms with van der Waals surface area (Å²) >= 11 is 1.45. The van der Waals surface area contributed by atoms with Gasteiger partial charge in [0.2, 0.25) is 0 Å². The van der Waals surface area contributed by atoms with Crippen molar-refractivity contribution in [3.63, 3.8) is 0 Å². The molecule has 2 aromatic rings. The van der Waals surface area contributed by atoms with E-state index < -0.39 is 0 Å². The van der Waals surface area contributed by atoms with Crippen LogP contribution in [0.3, 0.4) is 0 Å². The molecule has 0 saturated heterocycles. The van der Waals surface area contributed by atoms with Crippen molar-refractivity contribution < 1.29 is 4.39 Å². The molecular formula is C11H13FN4S. The molecule has 6 heteroatoms. The predicted octanol–water partition coefficient (Wildman–Crippen LogP) is 1.71. The lowest BCUT2D eigenvalue weighted by molar-refractivity contribution is 0.616. The second-order valence-corrected chi connectivity index (χ2v) is 4.59. The summed E-state index contributed by atoms with van der Waals surface area (Å²) in [5.74, 6) is 0.309. The van der Waals surface area contributed by atoms with Crippen molar-refractivity contribution in [3.05, 3.63) is 41.5 Å². The van der Waals surface area contributed by atoms with Crippen molar-refractivity contribution >= 4 is 11.8 Å². The topological polar surface area (TPSA) is 56.7 Å². The third kappa shape index (κ3) is 2.83. The van der Waals surface area contributed by atoms with Gasteiger partial charge in [0.05, 0.1) is 0 Å². The third-order valence-electron chi connectivity index (χ3n) is 2.37. The van der Waals surface area contributed by atoms with Crippen LogP contribution in [-0.4, -0.2) is 14.8 Å². The standard InChI is InChI=1S/C11H13FN4S/c1-16-7-14-15-11(16)17-6-9-4-8(5-13)2-3-10(9)12/h2-4,7H,5-6,13H2,1H3. The van der Waals surface area contributed by atoms with Gasteiger partial charge in [-0.3, -0.25) is 0 Å². The summed E-state index contributed by atoms with van der Waals surface area (Å²) in [6, 6.07) is 4.94. The highest BCUT2D eigenvalue weighted by molar-refractivity contribution is 7.98. The smallest absolute Gasteiger partial charge is 0.191 e. The van der Waals surface area contributed by atoms with Gasteiger partial charge in [-0.15, -0.1) is 10.2 Å². The number of hydrogen-bond donors (Lipinski definition) is 1. The van der Waals surface area contributed by atoms with Crippen molar-refractivity contribution in [1.29, 1.82) is 0 Å². The molecule has 1 aromatic heterocycles. The first-order valence-electron chi connectivity index (χ1n) is 5.15. The van der Waals surface area contributed by atoms with Crippen molar-refractivity contribution in [2.45, 2.75) is 17.5 Å². The van der Waals surface area contributed by atoms with Crippen LogP contribution in [0.15, 0.2) is 29.7 Å². The average molecular weight is 252 g/mol. The summed E-state index contributed by atoms with van der Waals surface area (Å²) < 4.78 is 15.3. The van der Waals surface area contributed by atoms with Gasteiger partial charge < -0.3 is 10.3 Å². The molecule has 2 rings (SSSR count). The Hall–Kier alpha value is -1.40. The second-order valence-electron chi connectivity index (χ2n) is 3.64. The van der Waals surface area contributed by atoms with Gasteiger partial charge in [0.15, 0.2) is 5.16 Å². The highest BCUT2D eigenvalue weighted by Crippen LogP contribution is 2.22. The summed E-state index contributed by atoms with van der Waals surface area (Å²) in [5.41, 5.74) is 7.10. The number of hydrogen-bond acceptors (Lipinski definition) is 4. The Morgan fingerprint density at radius 3 is 2.94 bits per heavy atom. The maximum absolute atomic E-state index is 13.5. The monoisotopic (exact) mass is 252 g/mol. The molecule has 0 amide bonds. The number of aromatic nitrogens is 3. The zero-order valence-electron chi connectivity index (χ0n) is 9.43. The fourth-order valence-electron chi connectivity index (χ4n) is 1.41. The van der Waals surface area contributed by atoms with E-state index in [1.54, 1.807) is 23.0 Å². The summed E-state index contributed by atoms with van der Waals surface area (Å²) in [5, 5.41) is 8.47. The number of benzene rings is 1. The fraction of sp³-hybridized carbons (Fsp3) is 0.273. The molecule has 0 aliphatic heterocycles. The summed E-state index contributed by atoms with van der Waals surface area (Å²) in [6.45, 7) is 0.419. The molecule has 1 aromatic carbocycles. The quantitative estimate of drug-likeness (QED) is 0.842. The lowest BCUT2D eigenvalue weighted by atomic mass is 10.1. The van der Waals surface area contributed by atoms with E-state index in [1.807, 2.05) is 7.05 Å². The molecule has 0 aliphatic carbocycles. The van der Waals surface area contributed by atoms with Crippen molar-refractivity contribution in [1.82, 2.24) is 14.8 Å². The van der Waals surface area contributed by atoms with E-state index in [0.29, 0.717) is 17.9 Å². The first kappa shape index (κ1) is 12.1. The maximum atomic E-state index is 13.5. The lowest BCUT2D eigenvalue weighted by Crippen LogP contribution is -1.99. The normalized spacial score (nSPS) is 10.8. The second kappa shape index (κ2) is 5.29. The molecule has 17 heavy (non-hydrogen) atoms. The largest absolute Gasteiger partial charge is 0.326 e. The molecular weight excluding hydrogens is 239 g/mol. The van der Waals surface area contributed by atoms with Crippen LogP contribution in [0, 0.1) is 5.82 Å². The molecule has 90 valence electrons. The van der Waals surface area contributed by atoms with Crippen LogP contribution in [0.2, 0.25) is 0 Å². The average Bonchev–Trinajstić information content (AvgIpc) is 2.74. The predicted molar refractivity (Wildman–Crippen MR) is 64.9 cm³/mol. The highest BCUT2D eigenvalue weighted by atomic mass is 32.2. The van der Waals surface area contributed by atoms with E-state index in [2.05, 4.69) is 10.2 Å². The van der Waals surface area contributed by atoms with Crippen LogP contribution in [-0.2, 0) is 19.3 Å². The molecule has 2 N–H and O–H groups in total. The Labute approximate surface area is 103 Å². The molecule has 0 aliphatic rings. The summed E-state index contributed by atoms with van der Waals surface area (Å²) in [4.78, 5) is 0. The highest BCUT2D eigenvalue weighted by Gasteiger charge is 2.07. The maximum Gasteiger partial charge on any atom is 0.191 e. The van der Waals surface area contributed by atoms with E-state index in [9.17, 15) is 4.39 Å². The Balaban J connectivity index is 2.11. The van der Waals surface area contributed by atoms with Crippen molar-refractivity contribution in [2.75, 3.05) is 0 Å². The van der Waals surface area contributed by atoms with E-state index in [-0.39, 0.29) is 5.82 Å². The molecule has 0 bridgehead atoms. The van der Waals surface area contributed by atoms with Gasteiger partial charge >= 0.3 is 0 Å². The van der Waals surface area contributed by atoms with Crippen LogP contribution in [0.25, 0.3) is 0 Å². The number of thioether (sulfide) groups is 1. The van der Waals surface area contributed by atoms with E-state index >= 15 is 0 Å². The minimum atomic E-state index is -0.211. The Morgan fingerprint density at radius 2 is 2.29 bits per heavy atom. The fourth-order valence-corrected chi connectivity index (χ4v) is 2.27. The number of rotatable bonds is 4. The van der Waals surface area contributed by atoms with Gasteiger partial charge in [-0.25, -0.2) is 4.39 Å². The molecule has 0 radical (unpaired) electrons. The molecule has 0 saturated carbocycles. The molecule has 0 fully saturated rings. The lowest BCUT2D eigenvalue weighted by Gasteiger charge is -2.05. The third-order valence-corrected chi connectivity index (χ3v) is 3.46. The van der Waals surface area contributed by atoms with Crippen molar-refractivity contribution in [2.24, 2.45) is 12.8 Å². The van der Waals surface area contributed by atoms with Crippen LogP contribution in [0.5, 0.6) is 0 Å².